The third-order valence-corrected chi connectivity index (χ3v) is 6.54. The van der Waals surface area contributed by atoms with Gasteiger partial charge in [-0.15, -0.1) is 0 Å². The van der Waals surface area contributed by atoms with E-state index in [2.05, 4.69) is 10.6 Å². The van der Waals surface area contributed by atoms with Crippen LogP contribution in [-0.4, -0.2) is 53.7 Å². The molecule has 0 aromatic heterocycles. The summed E-state index contributed by atoms with van der Waals surface area (Å²) in [6.45, 7) is 1.10. The third-order valence-electron chi connectivity index (χ3n) is 6.54. The van der Waals surface area contributed by atoms with Crippen molar-refractivity contribution in [3.8, 4) is 0 Å². The van der Waals surface area contributed by atoms with Crippen molar-refractivity contribution in [1.29, 1.82) is 0 Å². The van der Waals surface area contributed by atoms with Crippen molar-refractivity contribution in [3.05, 3.63) is 48.0 Å². The molecule has 0 saturated carbocycles. The number of benzene rings is 2. The second-order valence-electron chi connectivity index (χ2n) is 9.32. The molecule has 2 unspecified atom stereocenters. The minimum atomic E-state index is -0.837. The molecule has 0 radical (unpaired) electrons. The van der Waals surface area contributed by atoms with Crippen LogP contribution in [0.15, 0.2) is 42.5 Å². The van der Waals surface area contributed by atoms with E-state index in [1.165, 1.54) is 4.90 Å². The van der Waals surface area contributed by atoms with E-state index in [-0.39, 0.29) is 37.1 Å². The number of nitrogens with one attached hydrogen (secondary N) is 2. The standard InChI is InChI=1S/C27H37N5O4/c28-15-5-3-9-22-27(36)32(18-19-11-12-20-7-1-2-8-21(20)17-19)23(26(29)35)10-4-6-16-30-24(33)13-14-25(34)31-22/h1-2,7-8,11-12,17,22-23H,3-6,9-10,13-16,18,28H2,(H2,29,35)(H,30,33)(H,31,34). The SMILES string of the molecule is NCCCCC1NC(=O)CCC(=O)NCCCCC(C(N)=O)N(Cc2ccc3ccccc3c2)C1=O. The number of rotatable bonds is 7. The Kier molecular flexibility index (Phi) is 10.2. The van der Waals surface area contributed by atoms with Crippen LogP contribution in [0.3, 0.4) is 0 Å². The smallest absolute Gasteiger partial charge is 0.246 e. The predicted octanol–water partition coefficient (Wildman–Crippen LogP) is 1.72. The maximum absolute atomic E-state index is 13.9. The molecule has 1 aliphatic rings. The molecule has 1 saturated heterocycles. The summed E-state index contributed by atoms with van der Waals surface area (Å²) in [5, 5.41) is 7.71. The van der Waals surface area contributed by atoms with Gasteiger partial charge in [0.15, 0.2) is 0 Å². The van der Waals surface area contributed by atoms with Gasteiger partial charge in [0.1, 0.15) is 12.1 Å². The van der Waals surface area contributed by atoms with Crippen LogP contribution >= 0.6 is 0 Å². The summed E-state index contributed by atoms with van der Waals surface area (Å²) < 4.78 is 0. The Hall–Kier alpha value is -3.46. The highest BCUT2D eigenvalue weighted by Gasteiger charge is 2.33. The van der Waals surface area contributed by atoms with Crippen molar-refractivity contribution in [1.82, 2.24) is 15.5 Å². The molecule has 1 fully saturated rings. The second kappa shape index (κ2) is 13.6. The lowest BCUT2D eigenvalue weighted by Gasteiger charge is -2.33. The summed E-state index contributed by atoms with van der Waals surface area (Å²) in [5.74, 6) is -1.53. The van der Waals surface area contributed by atoms with Gasteiger partial charge in [0.2, 0.25) is 23.6 Å². The predicted molar refractivity (Wildman–Crippen MR) is 138 cm³/mol. The van der Waals surface area contributed by atoms with Crippen molar-refractivity contribution < 1.29 is 19.2 Å². The van der Waals surface area contributed by atoms with Gasteiger partial charge < -0.3 is 27.0 Å². The van der Waals surface area contributed by atoms with Crippen molar-refractivity contribution in [2.45, 2.75) is 70.0 Å². The Morgan fingerprint density at radius 1 is 0.972 bits per heavy atom. The van der Waals surface area contributed by atoms with Crippen LogP contribution in [0.25, 0.3) is 10.8 Å². The number of hydrogen-bond donors (Lipinski definition) is 4. The van der Waals surface area contributed by atoms with Crippen molar-refractivity contribution in [2.75, 3.05) is 13.1 Å². The fraction of sp³-hybridized carbons (Fsp3) is 0.481. The lowest BCUT2D eigenvalue weighted by Crippen LogP contribution is -2.55. The number of carbonyl (C=O) groups is 4. The molecule has 1 aliphatic heterocycles. The maximum atomic E-state index is 13.9. The normalized spacial score (nSPS) is 20.5. The molecule has 2 aromatic carbocycles. The first-order valence-electron chi connectivity index (χ1n) is 12.7. The molecule has 194 valence electrons. The molecule has 6 N–H and O–H groups in total. The molecule has 1 heterocycles. The van der Waals surface area contributed by atoms with Gasteiger partial charge in [0, 0.05) is 25.9 Å². The topological polar surface area (TPSA) is 148 Å². The number of hydrogen-bond acceptors (Lipinski definition) is 5. The summed E-state index contributed by atoms with van der Waals surface area (Å²) >= 11 is 0. The van der Waals surface area contributed by atoms with Crippen molar-refractivity contribution in [2.24, 2.45) is 11.5 Å². The summed E-state index contributed by atoms with van der Waals surface area (Å²) in [6, 6.07) is 12.2. The number of fused-ring (bicyclic) bond motifs is 1. The molecule has 0 aliphatic carbocycles. The summed E-state index contributed by atoms with van der Waals surface area (Å²) in [6.07, 6.45) is 3.38. The summed E-state index contributed by atoms with van der Waals surface area (Å²) in [7, 11) is 0. The molecular formula is C27H37N5O4. The highest BCUT2D eigenvalue weighted by molar-refractivity contribution is 5.92. The van der Waals surface area contributed by atoms with Gasteiger partial charge in [0.25, 0.3) is 0 Å². The highest BCUT2D eigenvalue weighted by Crippen LogP contribution is 2.21. The van der Waals surface area contributed by atoms with Crippen LogP contribution < -0.4 is 22.1 Å². The van der Waals surface area contributed by atoms with Crippen molar-refractivity contribution in [3.63, 3.8) is 0 Å². The quantitative estimate of drug-likeness (QED) is 0.432. The Balaban J connectivity index is 1.94. The van der Waals surface area contributed by atoms with Gasteiger partial charge in [0.05, 0.1) is 0 Å². The first kappa shape index (κ1) is 27.1. The average molecular weight is 496 g/mol. The zero-order valence-electron chi connectivity index (χ0n) is 20.7. The van der Waals surface area contributed by atoms with Gasteiger partial charge in [-0.25, -0.2) is 0 Å². The zero-order chi connectivity index (χ0) is 25.9. The fourth-order valence-electron chi connectivity index (χ4n) is 4.55. The molecule has 2 aromatic rings. The average Bonchev–Trinajstić information content (AvgIpc) is 2.87. The van der Waals surface area contributed by atoms with E-state index in [0.717, 1.165) is 16.3 Å². The number of carbonyl (C=O) groups excluding carboxylic acids is 4. The van der Waals surface area contributed by atoms with E-state index in [4.69, 9.17) is 11.5 Å². The lowest BCUT2D eigenvalue weighted by molar-refractivity contribution is -0.143. The largest absolute Gasteiger partial charge is 0.368 e. The van der Waals surface area contributed by atoms with Crippen LogP contribution in [0.4, 0.5) is 0 Å². The van der Waals surface area contributed by atoms with Crippen LogP contribution in [0.1, 0.15) is 56.9 Å². The molecule has 3 rings (SSSR count). The summed E-state index contributed by atoms with van der Waals surface area (Å²) in [4.78, 5) is 52.7. The van der Waals surface area contributed by atoms with E-state index in [1.807, 2.05) is 42.5 Å². The third kappa shape index (κ3) is 7.78. The molecule has 0 bridgehead atoms. The molecule has 36 heavy (non-hydrogen) atoms. The van der Waals surface area contributed by atoms with Crippen LogP contribution in [-0.2, 0) is 25.7 Å². The van der Waals surface area contributed by atoms with Gasteiger partial charge in [-0.2, -0.15) is 0 Å². The first-order valence-corrected chi connectivity index (χ1v) is 12.7. The van der Waals surface area contributed by atoms with Crippen LogP contribution in [0, 0.1) is 0 Å². The number of primary amides is 1. The van der Waals surface area contributed by atoms with Crippen LogP contribution in [0.5, 0.6) is 0 Å². The second-order valence-corrected chi connectivity index (χ2v) is 9.32. The Labute approximate surface area is 211 Å². The van der Waals surface area contributed by atoms with E-state index in [1.54, 1.807) is 0 Å². The number of nitrogens with two attached hydrogens (primary N) is 2. The molecule has 4 amide bonds. The minimum Gasteiger partial charge on any atom is -0.368 e. The van der Waals surface area contributed by atoms with Gasteiger partial charge in [-0.05, 0) is 67.5 Å². The van der Waals surface area contributed by atoms with E-state index >= 15 is 0 Å². The number of nitrogens with zero attached hydrogens (tertiary/aromatic N) is 1. The van der Waals surface area contributed by atoms with E-state index in [0.29, 0.717) is 51.6 Å². The molecule has 9 heteroatoms. The Bertz CT molecular complexity index is 1070. The Morgan fingerprint density at radius 2 is 1.72 bits per heavy atom. The van der Waals surface area contributed by atoms with E-state index < -0.39 is 18.0 Å². The van der Waals surface area contributed by atoms with Gasteiger partial charge >= 0.3 is 0 Å². The molecule has 0 spiro atoms. The van der Waals surface area contributed by atoms with E-state index in [9.17, 15) is 19.2 Å². The molecular weight excluding hydrogens is 458 g/mol. The summed E-state index contributed by atoms with van der Waals surface area (Å²) in [5.41, 5.74) is 12.3. The maximum Gasteiger partial charge on any atom is 0.246 e. The Morgan fingerprint density at radius 3 is 2.47 bits per heavy atom. The van der Waals surface area contributed by atoms with Gasteiger partial charge in [-0.3, -0.25) is 19.2 Å². The molecule has 9 nitrogen and oxygen atoms in total. The monoisotopic (exact) mass is 495 g/mol. The lowest BCUT2D eigenvalue weighted by atomic mass is 10.0. The fourth-order valence-corrected chi connectivity index (χ4v) is 4.55. The van der Waals surface area contributed by atoms with Crippen LogP contribution in [0.2, 0.25) is 0 Å². The van der Waals surface area contributed by atoms with Crippen molar-refractivity contribution >= 4 is 34.4 Å². The number of unbranched alkanes of at least 4 members (excludes halogenated alkanes) is 1. The minimum absolute atomic E-state index is 0.0174. The molecule has 2 atom stereocenters. The zero-order valence-corrected chi connectivity index (χ0v) is 20.7. The highest BCUT2D eigenvalue weighted by atomic mass is 16.2. The number of amides is 4. The van der Waals surface area contributed by atoms with Gasteiger partial charge in [-0.1, -0.05) is 36.4 Å². The first-order chi connectivity index (χ1) is 17.4.